The minimum Gasteiger partial charge on any atom is -0.496 e. The zero-order valence-electron chi connectivity index (χ0n) is 10.8. The maximum Gasteiger partial charge on any atom is 0.244 e. The molecular weight excluding hydrogens is 230 g/mol. The van der Waals surface area contributed by atoms with Crippen molar-refractivity contribution in [3.8, 4) is 17.1 Å². The van der Waals surface area contributed by atoms with Crippen LogP contribution < -0.4 is 10.5 Å². The second-order valence-corrected chi connectivity index (χ2v) is 4.43. The lowest BCUT2D eigenvalue weighted by atomic mass is 10.1. The van der Waals surface area contributed by atoms with Gasteiger partial charge in [-0.05, 0) is 18.1 Å². The molecule has 1 aromatic heterocycles. The molecule has 0 aliphatic carbocycles. The van der Waals surface area contributed by atoms with Crippen LogP contribution in [0.25, 0.3) is 11.4 Å². The summed E-state index contributed by atoms with van der Waals surface area (Å²) in [4.78, 5) is 4.33. The van der Waals surface area contributed by atoms with E-state index in [4.69, 9.17) is 15.0 Å². The first-order valence-electron chi connectivity index (χ1n) is 5.86. The quantitative estimate of drug-likeness (QED) is 0.898. The second-order valence-electron chi connectivity index (χ2n) is 4.43. The van der Waals surface area contributed by atoms with Crippen LogP contribution in [0.15, 0.2) is 28.8 Å². The summed E-state index contributed by atoms with van der Waals surface area (Å²) < 4.78 is 10.5. The molecule has 0 fully saturated rings. The molecule has 0 saturated carbocycles. The molecule has 0 radical (unpaired) electrons. The van der Waals surface area contributed by atoms with E-state index < -0.39 is 0 Å². The van der Waals surface area contributed by atoms with Crippen molar-refractivity contribution in [2.75, 3.05) is 7.11 Å². The van der Waals surface area contributed by atoms with Crippen molar-refractivity contribution in [3.05, 3.63) is 30.2 Å². The Morgan fingerprint density at radius 2 is 2.00 bits per heavy atom. The molecule has 0 saturated heterocycles. The molecule has 0 aliphatic rings. The Morgan fingerprint density at radius 1 is 1.28 bits per heavy atom. The van der Waals surface area contributed by atoms with Crippen LogP contribution in [0.2, 0.25) is 0 Å². The molecule has 0 amide bonds. The molecular formula is C13H17N3O2. The lowest BCUT2D eigenvalue weighted by Crippen LogP contribution is -2.16. The van der Waals surface area contributed by atoms with Gasteiger partial charge in [-0.25, -0.2) is 0 Å². The molecule has 96 valence electrons. The number of hydrogen-bond donors (Lipinski definition) is 1. The molecule has 2 N–H and O–H groups in total. The molecule has 2 aromatic rings. The van der Waals surface area contributed by atoms with Crippen molar-refractivity contribution in [2.24, 2.45) is 11.7 Å². The smallest absolute Gasteiger partial charge is 0.244 e. The minimum absolute atomic E-state index is 0.246. The number of rotatable bonds is 4. The lowest BCUT2D eigenvalue weighted by Gasteiger charge is -2.09. The SMILES string of the molecule is COc1ccccc1-c1noc([C@@H](N)C(C)C)n1. The highest BCUT2D eigenvalue weighted by Crippen LogP contribution is 2.28. The van der Waals surface area contributed by atoms with E-state index in [1.165, 1.54) is 0 Å². The Hall–Kier alpha value is -1.88. The van der Waals surface area contributed by atoms with Crippen molar-refractivity contribution >= 4 is 0 Å². The molecule has 0 spiro atoms. The van der Waals surface area contributed by atoms with Gasteiger partial charge in [-0.15, -0.1) is 0 Å². The van der Waals surface area contributed by atoms with Gasteiger partial charge in [-0.1, -0.05) is 31.1 Å². The van der Waals surface area contributed by atoms with Gasteiger partial charge in [0.25, 0.3) is 0 Å². The first-order valence-corrected chi connectivity index (χ1v) is 5.86. The van der Waals surface area contributed by atoms with Gasteiger partial charge in [0, 0.05) is 0 Å². The summed E-state index contributed by atoms with van der Waals surface area (Å²) >= 11 is 0. The minimum atomic E-state index is -0.249. The molecule has 0 unspecified atom stereocenters. The summed E-state index contributed by atoms with van der Waals surface area (Å²) in [5, 5.41) is 3.95. The number of methoxy groups -OCH3 is 1. The number of para-hydroxylation sites is 1. The zero-order chi connectivity index (χ0) is 13.1. The largest absolute Gasteiger partial charge is 0.496 e. The monoisotopic (exact) mass is 247 g/mol. The standard InChI is InChI=1S/C13H17N3O2/c1-8(2)11(14)13-15-12(16-18-13)9-6-4-5-7-10(9)17-3/h4-8,11H,14H2,1-3H3/t11-/m0/s1. The van der Waals surface area contributed by atoms with Gasteiger partial charge in [0.1, 0.15) is 5.75 Å². The first kappa shape index (κ1) is 12.6. The maximum atomic E-state index is 5.97. The Balaban J connectivity index is 2.35. The average Bonchev–Trinajstić information content (AvgIpc) is 2.87. The van der Waals surface area contributed by atoms with Crippen molar-refractivity contribution in [1.82, 2.24) is 10.1 Å². The third-order valence-corrected chi connectivity index (χ3v) is 2.79. The van der Waals surface area contributed by atoms with E-state index in [0.29, 0.717) is 17.5 Å². The average molecular weight is 247 g/mol. The summed E-state index contributed by atoms with van der Waals surface area (Å²) in [5.41, 5.74) is 6.77. The Bertz CT molecular complexity index is 522. The Morgan fingerprint density at radius 3 is 2.67 bits per heavy atom. The molecule has 1 atom stereocenters. The van der Waals surface area contributed by atoms with Crippen LogP contribution in [-0.2, 0) is 0 Å². The van der Waals surface area contributed by atoms with Crippen LogP contribution in [-0.4, -0.2) is 17.3 Å². The van der Waals surface area contributed by atoms with Crippen LogP contribution in [0.1, 0.15) is 25.8 Å². The molecule has 18 heavy (non-hydrogen) atoms. The number of hydrogen-bond acceptors (Lipinski definition) is 5. The van der Waals surface area contributed by atoms with Gasteiger partial charge in [0.05, 0.1) is 18.7 Å². The van der Waals surface area contributed by atoms with Gasteiger partial charge in [-0.2, -0.15) is 4.98 Å². The molecule has 1 heterocycles. The first-order chi connectivity index (χ1) is 8.63. The fourth-order valence-electron chi connectivity index (χ4n) is 1.59. The predicted octanol–water partition coefficient (Wildman–Crippen LogP) is 2.40. The zero-order valence-corrected chi connectivity index (χ0v) is 10.8. The maximum absolute atomic E-state index is 5.97. The summed E-state index contributed by atoms with van der Waals surface area (Å²) in [7, 11) is 1.61. The fraction of sp³-hybridized carbons (Fsp3) is 0.385. The van der Waals surface area contributed by atoms with E-state index in [2.05, 4.69) is 10.1 Å². The van der Waals surface area contributed by atoms with E-state index in [1.54, 1.807) is 7.11 Å². The number of ether oxygens (including phenoxy) is 1. The van der Waals surface area contributed by atoms with Crippen molar-refractivity contribution in [3.63, 3.8) is 0 Å². The topological polar surface area (TPSA) is 74.2 Å². The fourth-order valence-corrected chi connectivity index (χ4v) is 1.59. The lowest BCUT2D eigenvalue weighted by molar-refractivity contribution is 0.325. The van der Waals surface area contributed by atoms with Crippen molar-refractivity contribution in [1.29, 1.82) is 0 Å². The van der Waals surface area contributed by atoms with E-state index in [9.17, 15) is 0 Å². The third-order valence-electron chi connectivity index (χ3n) is 2.79. The van der Waals surface area contributed by atoms with Gasteiger partial charge < -0.3 is 15.0 Å². The molecule has 1 aromatic carbocycles. The van der Waals surface area contributed by atoms with E-state index >= 15 is 0 Å². The van der Waals surface area contributed by atoms with Crippen molar-refractivity contribution < 1.29 is 9.26 Å². The highest BCUT2D eigenvalue weighted by Gasteiger charge is 2.19. The van der Waals surface area contributed by atoms with E-state index in [0.717, 1.165) is 5.56 Å². The summed E-state index contributed by atoms with van der Waals surface area (Å²) in [6, 6.07) is 7.28. The van der Waals surface area contributed by atoms with Crippen LogP contribution in [0.3, 0.4) is 0 Å². The van der Waals surface area contributed by atoms with Crippen molar-refractivity contribution in [2.45, 2.75) is 19.9 Å². The van der Waals surface area contributed by atoms with Crippen LogP contribution in [0.4, 0.5) is 0 Å². The van der Waals surface area contributed by atoms with E-state index in [-0.39, 0.29) is 12.0 Å². The van der Waals surface area contributed by atoms with Gasteiger partial charge in [-0.3, -0.25) is 0 Å². The summed E-state index contributed by atoms with van der Waals surface area (Å²) in [6.07, 6.45) is 0. The predicted molar refractivity (Wildman–Crippen MR) is 68.1 cm³/mol. The number of nitrogens with zero attached hydrogens (tertiary/aromatic N) is 2. The molecule has 5 nitrogen and oxygen atoms in total. The normalized spacial score (nSPS) is 12.7. The molecule has 5 heteroatoms. The highest BCUT2D eigenvalue weighted by molar-refractivity contribution is 5.63. The second kappa shape index (κ2) is 5.18. The molecule has 0 bridgehead atoms. The van der Waals surface area contributed by atoms with Gasteiger partial charge in [0.2, 0.25) is 11.7 Å². The Kier molecular flexibility index (Phi) is 3.62. The number of nitrogens with two attached hydrogens (primary N) is 1. The number of benzene rings is 1. The number of aromatic nitrogens is 2. The molecule has 2 rings (SSSR count). The summed E-state index contributed by atoms with van der Waals surface area (Å²) in [6.45, 7) is 4.02. The Labute approximate surface area is 106 Å². The van der Waals surface area contributed by atoms with Gasteiger partial charge >= 0.3 is 0 Å². The van der Waals surface area contributed by atoms with Crippen LogP contribution in [0.5, 0.6) is 5.75 Å². The summed E-state index contributed by atoms with van der Waals surface area (Å²) in [5.74, 6) is 1.91. The molecule has 0 aliphatic heterocycles. The highest BCUT2D eigenvalue weighted by atomic mass is 16.5. The van der Waals surface area contributed by atoms with Crippen LogP contribution in [0, 0.1) is 5.92 Å². The van der Waals surface area contributed by atoms with Gasteiger partial charge in [0.15, 0.2) is 0 Å². The van der Waals surface area contributed by atoms with E-state index in [1.807, 2.05) is 38.1 Å². The third kappa shape index (κ3) is 2.36. The van der Waals surface area contributed by atoms with Crippen LogP contribution >= 0.6 is 0 Å².